The number of hydrogen-bond donors (Lipinski definition) is 1. The lowest BCUT2D eigenvalue weighted by atomic mass is 9.97. The highest BCUT2D eigenvalue weighted by Crippen LogP contribution is 2.19. The molecular formula is C17H19NO. The molecule has 0 atom stereocenters. The zero-order valence-electron chi connectivity index (χ0n) is 11.6. The maximum Gasteiger partial charge on any atom is 0.193 e. The molecule has 0 aliphatic carbocycles. The van der Waals surface area contributed by atoms with Crippen molar-refractivity contribution in [2.24, 2.45) is 0 Å². The Kier molecular flexibility index (Phi) is 3.70. The number of ketones is 1. The number of nitrogen functional groups attached to an aromatic ring is 1. The van der Waals surface area contributed by atoms with Crippen molar-refractivity contribution in [2.45, 2.75) is 26.7 Å². The fourth-order valence-corrected chi connectivity index (χ4v) is 2.00. The van der Waals surface area contributed by atoms with Crippen molar-refractivity contribution >= 4 is 11.5 Å². The number of aryl methyl sites for hydroxylation is 1. The molecule has 0 fully saturated rings. The Morgan fingerprint density at radius 3 is 2.11 bits per heavy atom. The van der Waals surface area contributed by atoms with Gasteiger partial charge in [0.25, 0.3) is 0 Å². The number of carbonyl (C=O) groups is 1. The summed E-state index contributed by atoms with van der Waals surface area (Å²) in [6.07, 6.45) is 0. The Hall–Kier alpha value is -2.09. The van der Waals surface area contributed by atoms with Crippen molar-refractivity contribution in [3.63, 3.8) is 0 Å². The molecular weight excluding hydrogens is 234 g/mol. The van der Waals surface area contributed by atoms with Crippen LogP contribution in [-0.2, 0) is 0 Å². The molecule has 2 heteroatoms. The van der Waals surface area contributed by atoms with Crippen LogP contribution in [0.5, 0.6) is 0 Å². The summed E-state index contributed by atoms with van der Waals surface area (Å²) in [5.74, 6) is 0.515. The average Bonchev–Trinajstić information content (AvgIpc) is 2.41. The number of anilines is 1. The third kappa shape index (κ3) is 2.84. The van der Waals surface area contributed by atoms with Crippen LogP contribution in [0.1, 0.15) is 46.8 Å². The summed E-state index contributed by atoms with van der Waals surface area (Å²) in [6, 6.07) is 13.2. The molecule has 0 heterocycles. The maximum atomic E-state index is 12.4. The van der Waals surface area contributed by atoms with E-state index < -0.39 is 0 Å². The molecule has 0 saturated carbocycles. The smallest absolute Gasteiger partial charge is 0.193 e. The van der Waals surface area contributed by atoms with Crippen molar-refractivity contribution in [3.8, 4) is 0 Å². The molecule has 2 aromatic rings. The van der Waals surface area contributed by atoms with E-state index in [1.54, 1.807) is 12.1 Å². The van der Waals surface area contributed by atoms with Gasteiger partial charge < -0.3 is 5.73 Å². The van der Waals surface area contributed by atoms with Gasteiger partial charge in [-0.25, -0.2) is 0 Å². The third-order valence-electron chi connectivity index (χ3n) is 3.37. The molecule has 2 rings (SSSR count). The standard InChI is InChI=1S/C17H19NO/c1-11(2)13-4-6-14(7-5-13)17(19)15-8-9-16(18)12(3)10-15/h4-11H,18H2,1-3H3. The van der Waals surface area contributed by atoms with Crippen LogP contribution in [0.2, 0.25) is 0 Å². The monoisotopic (exact) mass is 253 g/mol. The van der Waals surface area contributed by atoms with Crippen LogP contribution >= 0.6 is 0 Å². The lowest BCUT2D eigenvalue weighted by Crippen LogP contribution is -2.03. The molecule has 98 valence electrons. The quantitative estimate of drug-likeness (QED) is 0.665. The second kappa shape index (κ2) is 5.27. The highest BCUT2D eigenvalue weighted by molar-refractivity contribution is 6.09. The number of rotatable bonds is 3. The van der Waals surface area contributed by atoms with Crippen molar-refractivity contribution in [1.82, 2.24) is 0 Å². The topological polar surface area (TPSA) is 43.1 Å². The summed E-state index contributed by atoms with van der Waals surface area (Å²) >= 11 is 0. The van der Waals surface area contributed by atoms with Crippen molar-refractivity contribution in [2.75, 3.05) is 5.73 Å². The molecule has 0 radical (unpaired) electrons. The minimum absolute atomic E-state index is 0.0402. The predicted molar refractivity (Wildman–Crippen MR) is 79.6 cm³/mol. The van der Waals surface area contributed by atoms with Crippen LogP contribution in [-0.4, -0.2) is 5.78 Å². The van der Waals surface area contributed by atoms with E-state index in [1.165, 1.54) is 5.56 Å². The Balaban J connectivity index is 2.30. The molecule has 0 unspecified atom stereocenters. The maximum absolute atomic E-state index is 12.4. The van der Waals surface area contributed by atoms with E-state index in [0.717, 1.165) is 5.56 Å². The zero-order chi connectivity index (χ0) is 14.0. The van der Waals surface area contributed by atoms with Gasteiger partial charge in [0, 0.05) is 16.8 Å². The summed E-state index contributed by atoms with van der Waals surface area (Å²) in [7, 11) is 0. The fourth-order valence-electron chi connectivity index (χ4n) is 2.00. The van der Waals surface area contributed by atoms with E-state index in [-0.39, 0.29) is 5.78 Å². The van der Waals surface area contributed by atoms with Gasteiger partial charge in [0.05, 0.1) is 0 Å². The molecule has 0 aromatic heterocycles. The second-order valence-electron chi connectivity index (χ2n) is 5.18. The molecule has 19 heavy (non-hydrogen) atoms. The molecule has 0 bridgehead atoms. The molecule has 0 aliphatic heterocycles. The van der Waals surface area contributed by atoms with Crippen molar-refractivity contribution in [3.05, 3.63) is 64.7 Å². The van der Waals surface area contributed by atoms with E-state index >= 15 is 0 Å². The fraction of sp³-hybridized carbons (Fsp3) is 0.235. The van der Waals surface area contributed by atoms with Crippen molar-refractivity contribution < 1.29 is 4.79 Å². The highest BCUT2D eigenvalue weighted by atomic mass is 16.1. The van der Waals surface area contributed by atoms with E-state index in [9.17, 15) is 4.79 Å². The normalized spacial score (nSPS) is 10.7. The first-order valence-corrected chi connectivity index (χ1v) is 6.50. The largest absolute Gasteiger partial charge is 0.399 e. The Labute approximate surface area is 114 Å². The lowest BCUT2D eigenvalue weighted by Gasteiger charge is -2.07. The number of nitrogens with two attached hydrogens (primary N) is 1. The number of benzene rings is 2. The minimum atomic E-state index is 0.0402. The molecule has 2 nitrogen and oxygen atoms in total. The van der Waals surface area contributed by atoms with Crippen LogP contribution in [0.15, 0.2) is 42.5 Å². The Morgan fingerprint density at radius 2 is 1.58 bits per heavy atom. The average molecular weight is 253 g/mol. The predicted octanol–water partition coefficient (Wildman–Crippen LogP) is 3.93. The Morgan fingerprint density at radius 1 is 1.00 bits per heavy atom. The summed E-state index contributed by atoms with van der Waals surface area (Å²) in [5.41, 5.74) is 10.1. The zero-order valence-corrected chi connectivity index (χ0v) is 11.6. The number of carbonyl (C=O) groups excluding carboxylic acids is 1. The lowest BCUT2D eigenvalue weighted by molar-refractivity contribution is 0.103. The molecule has 0 aliphatic rings. The van der Waals surface area contributed by atoms with Gasteiger partial charge >= 0.3 is 0 Å². The van der Waals surface area contributed by atoms with Crippen LogP contribution in [0.4, 0.5) is 5.69 Å². The van der Waals surface area contributed by atoms with Gasteiger partial charge in [-0.2, -0.15) is 0 Å². The first-order valence-electron chi connectivity index (χ1n) is 6.50. The van der Waals surface area contributed by atoms with Gasteiger partial charge in [0.15, 0.2) is 5.78 Å². The molecule has 2 aromatic carbocycles. The van der Waals surface area contributed by atoms with E-state index in [1.807, 2.05) is 37.3 Å². The Bertz CT molecular complexity index is 597. The van der Waals surface area contributed by atoms with Gasteiger partial charge in [-0.1, -0.05) is 38.1 Å². The van der Waals surface area contributed by atoms with Crippen LogP contribution < -0.4 is 5.73 Å². The van der Waals surface area contributed by atoms with E-state index in [0.29, 0.717) is 22.7 Å². The molecule has 0 spiro atoms. The van der Waals surface area contributed by atoms with E-state index in [2.05, 4.69) is 13.8 Å². The summed E-state index contributed by atoms with van der Waals surface area (Å²) in [6.45, 7) is 6.19. The summed E-state index contributed by atoms with van der Waals surface area (Å²) < 4.78 is 0. The first kappa shape index (κ1) is 13.3. The summed E-state index contributed by atoms with van der Waals surface area (Å²) in [5, 5.41) is 0. The van der Waals surface area contributed by atoms with Gasteiger partial charge in [0.1, 0.15) is 0 Å². The number of hydrogen-bond acceptors (Lipinski definition) is 2. The van der Waals surface area contributed by atoms with Crippen LogP contribution in [0.25, 0.3) is 0 Å². The van der Waals surface area contributed by atoms with Gasteiger partial charge in [-0.05, 0) is 42.2 Å². The van der Waals surface area contributed by atoms with Gasteiger partial charge in [-0.3, -0.25) is 4.79 Å². The molecule has 2 N–H and O–H groups in total. The van der Waals surface area contributed by atoms with Crippen molar-refractivity contribution in [1.29, 1.82) is 0 Å². The first-order chi connectivity index (χ1) is 8.99. The van der Waals surface area contributed by atoms with Gasteiger partial charge in [-0.15, -0.1) is 0 Å². The molecule has 0 saturated heterocycles. The minimum Gasteiger partial charge on any atom is -0.399 e. The SMILES string of the molecule is Cc1cc(C(=O)c2ccc(C(C)C)cc2)ccc1N. The molecule has 0 amide bonds. The summed E-state index contributed by atoms with van der Waals surface area (Å²) in [4.78, 5) is 12.4. The van der Waals surface area contributed by atoms with Gasteiger partial charge in [0.2, 0.25) is 0 Å². The van der Waals surface area contributed by atoms with E-state index in [4.69, 9.17) is 5.73 Å². The highest BCUT2D eigenvalue weighted by Gasteiger charge is 2.10. The second-order valence-corrected chi connectivity index (χ2v) is 5.18. The van der Waals surface area contributed by atoms with Crippen LogP contribution in [0, 0.1) is 6.92 Å². The van der Waals surface area contributed by atoms with Crippen LogP contribution in [0.3, 0.4) is 0 Å². The third-order valence-corrected chi connectivity index (χ3v) is 3.37.